The van der Waals surface area contributed by atoms with Crippen molar-refractivity contribution in [2.24, 2.45) is 5.73 Å². The van der Waals surface area contributed by atoms with E-state index in [2.05, 4.69) is 0 Å². The molecule has 0 bridgehead atoms. The van der Waals surface area contributed by atoms with Gasteiger partial charge in [0.25, 0.3) is 0 Å². The largest absolute Gasteiger partial charge is 0.508 e. The number of hydrogen-bond acceptors (Lipinski definition) is 3. The van der Waals surface area contributed by atoms with Gasteiger partial charge in [0.15, 0.2) is 0 Å². The minimum atomic E-state index is -1.08. The fourth-order valence-corrected chi connectivity index (χ4v) is 1.96. The zero-order valence-electron chi connectivity index (χ0n) is 9.42. The van der Waals surface area contributed by atoms with Gasteiger partial charge in [-0.1, -0.05) is 0 Å². The number of carboxylic acid groups (broad SMARTS) is 1. The molecule has 5 heteroatoms. The second-order valence-electron chi connectivity index (χ2n) is 3.89. The Morgan fingerprint density at radius 2 is 2.24 bits per heavy atom. The van der Waals surface area contributed by atoms with E-state index in [0.717, 1.165) is 5.52 Å². The molecule has 0 saturated heterocycles. The van der Waals surface area contributed by atoms with Crippen LogP contribution in [0.15, 0.2) is 24.4 Å². The molecule has 0 aliphatic heterocycles. The van der Waals surface area contributed by atoms with E-state index in [1.54, 1.807) is 24.4 Å². The highest BCUT2D eigenvalue weighted by Crippen LogP contribution is 2.28. The third-order valence-electron chi connectivity index (χ3n) is 2.84. The van der Waals surface area contributed by atoms with E-state index < -0.39 is 12.0 Å². The zero-order valence-corrected chi connectivity index (χ0v) is 9.42. The molecule has 0 amide bonds. The van der Waals surface area contributed by atoms with Crippen molar-refractivity contribution in [2.45, 2.75) is 19.5 Å². The number of nitrogens with two attached hydrogens (primary N) is 1. The summed E-state index contributed by atoms with van der Waals surface area (Å²) in [5.74, 6) is -0.978. The number of rotatable bonds is 3. The van der Waals surface area contributed by atoms with Gasteiger partial charge in [0, 0.05) is 29.2 Å². The van der Waals surface area contributed by atoms with Gasteiger partial charge in [-0.15, -0.1) is 0 Å². The molecule has 0 fully saturated rings. The molecule has 5 nitrogen and oxygen atoms in total. The fraction of sp³-hybridized carbons (Fsp3) is 0.250. The Balaban J connectivity index is 2.70. The van der Waals surface area contributed by atoms with Gasteiger partial charge in [-0.3, -0.25) is 4.79 Å². The Hall–Kier alpha value is -2.01. The van der Waals surface area contributed by atoms with Crippen molar-refractivity contribution >= 4 is 16.9 Å². The third-order valence-corrected chi connectivity index (χ3v) is 2.84. The summed E-state index contributed by atoms with van der Waals surface area (Å²) in [6.45, 7) is 2.68. The molecule has 1 atom stereocenters. The van der Waals surface area contributed by atoms with E-state index in [0.29, 0.717) is 17.5 Å². The van der Waals surface area contributed by atoms with E-state index in [1.165, 1.54) is 0 Å². The number of phenols is 1. The minimum Gasteiger partial charge on any atom is -0.508 e. The Bertz CT molecular complexity index is 574. The molecule has 1 heterocycles. The fourth-order valence-electron chi connectivity index (χ4n) is 1.96. The number of nitrogens with zero attached hydrogens (tertiary/aromatic N) is 1. The number of aromatic nitrogens is 1. The van der Waals surface area contributed by atoms with E-state index in [-0.39, 0.29) is 5.75 Å². The van der Waals surface area contributed by atoms with Crippen LogP contribution in [0.5, 0.6) is 5.75 Å². The van der Waals surface area contributed by atoms with E-state index >= 15 is 0 Å². The lowest BCUT2D eigenvalue weighted by atomic mass is 10.1. The normalized spacial score (nSPS) is 12.8. The number of carboxylic acids is 1. The minimum absolute atomic E-state index is 0.102. The average molecular weight is 234 g/mol. The van der Waals surface area contributed by atoms with Crippen LogP contribution in [-0.2, 0) is 11.3 Å². The van der Waals surface area contributed by atoms with Crippen LogP contribution in [0, 0.1) is 0 Å². The maximum absolute atomic E-state index is 10.9. The van der Waals surface area contributed by atoms with Gasteiger partial charge in [0.1, 0.15) is 11.8 Å². The quantitative estimate of drug-likeness (QED) is 0.750. The topological polar surface area (TPSA) is 88.5 Å². The molecule has 0 spiro atoms. The molecule has 0 aliphatic rings. The maximum Gasteiger partial charge on any atom is 0.325 e. The molecule has 90 valence electrons. The lowest BCUT2D eigenvalue weighted by molar-refractivity contribution is -0.138. The molecular weight excluding hydrogens is 220 g/mol. The van der Waals surface area contributed by atoms with E-state index in [1.807, 2.05) is 11.5 Å². The molecule has 2 aromatic rings. The first-order valence-electron chi connectivity index (χ1n) is 5.34. The van der Waals surface area contributed by atoms with Crippen LogP contribution in [0.3, 0.4) is 0 Å². The van der Waals surface area contributed by atoms with Crippen LogP contribution >= 0.6 is 0 Å². The van der Waals surface area contributed by atoms with Crippen LogP contribution in [-0.4, -0.2) is 20.7 Å². The van der Waals surface area contributed by atoms with Crippen molar-refractivity contribution in [2.75, 3.05) is 0 Å². The molecule has 4 N–H and O–H groups in total. The number of carbonyl (C=O) groups is 1. The maximum atomic E-state index is 10.9. The summed E-state index contributed by atoms with van der Waals surface area (Å²) in [7, 11) is 0. The Morgan fingerprint density at radius 3 is 2.82 bits per heavy atom. The Labute approximate surface area is 98.1 Å². The first-order valence-corrected chi connectivity index (χ1v) is 5.34. The van der Waals surface area contributed by atoms with Crippen molar-refractivity contribution in [1.29, 1.82) is 0 Å². The van der Waals surface area contributed by atoms with E-state index in [4.69, 9.17) is 10.8 Å². The van der Waals surface area contributed by atoms with Gasteiger partial charge in [0.2, 0.25) is 0 Å². The summed E-state index contributed by atoms with van der Waals surface area (Å²) >= 11 is 0. The molecule has 0 saturated carbocycles. The Morgan fingerprint density at radius 1 is 1.53 bits per heavy atom. The smallest absolute Gasteiger partial charge is 0.325 e. The van der Waals surface area contributed by atoms with Crippen LogP contribution in [0.4, 0.5) is 0 Å². The number of fused-ring (bicyclic) bond motifs is 1. The average Bonchev–Trinajstić information content (AvgIpc) is 2.65. The third kappa shape index (κ3) is 1.85. The molecule has 0 radical (unpaired) electrons. The molecule has 2 rings (SSSR count). The molecule has 1 aromatic carbocycles. The predicted molar refractivity (Wildman–Crippen MR) is 63.8 cm³/mol. The lowest BCUT2D eigenvalue weighted by Gasteiger charge is -2.04. The molecule has 0 aliphatic carbocycles. The number of aliphatic carboxylic acids is 1. The standard InChI is InChI=1S/C12H14N2O3/c1-2-14-6-9(11(13)12(16)17)8-5-7(15)3-4-10(8)14/h3-6,11,15H,2,13H2,1H3,(H,16,17). The summed E-state index contributed by atoms with van der Waals surface area (Å²) in [6.07, 6.45) is 1.73. The van der Waals surface area contributed by atoms with Crippen molar-refractivity contribution in [3.63, 3.8) is 0 Å². The van der Waals surface area contributed by atoms with Gasteiger partial charge in [-0.25, -0.2) is 0 Å². The second-order valence-corrected chi connectivity index (χ2v) is 3.89. The first kappa shape index (κ1) is 11.5. The van der Waals surface area contributed by atoms with Crippen LogP contribution < -0.4 is 5.73 Å². The van der Waals surface area contributed by atoms with Crippen LogP contribution in [0.2, 0.25) is 0 Å². The lowest BCUT2D eigenvalue weighted by Crippen LogP contribution is -2.20. The Kier molecular flexibility index (Phi) is 2.77. The van der Waals surface area contributed by atoms with Crippen LogP contribution in [0.25, 0.3) is 10.9 Å². The van der Waals surface area contributed by atoms with Crippen molar-refractivity contribution in [3.05, 3.63) is 30.0 Å². The van der Waals surface area contributed by atoms with Crippen molar-refractivity contribution in [3.8, 4) is 5.75 Å². The van der Waals surface area contributed by atoms with Gasteiger partial charge < -0.3 is 20.5 Å². The van der Waals surface area contributed by atoms with Crippen LogP contribution in [0.1, 0.15) is 18.5 Å². The highest BCUT2D eigenvalue weighted by Gasteiger charge is 2.20. The predicted octanol–water partition coefficient (Wildman–Crippen LogP) is 1.45. The number of hydrogen-bond donors (Lipinski definition) is 3. The van der Waals surface area contributed by atoms with E-state index in [9.17, 15) is 9.90 Å². The molecule has 1 aromatic heterocycles. The summed E-state index contributed by atoms with van der Waals surface area (Å²) in [5, 5.41) is 19.1. The monoisotopic (exact) mass is 234 g/mol. The number of phenolic OH excluding ortho intramolecular Hbond substituents is 1. The summed E-state index contributed by atoms with van der Waals surface area (Å²) in [6, 6.07) is 3.79. The van der Waals surface area contributed by atoms with Gasteiger partial charge >= 0.3 is 5.97 Å². The SMILES string of the molecule is CCn1cc(C(N)C(=O)O)c2cc(O)ccc21. The molecular formula is C12H14N2O3. The molecule has 17 heavy (non-hydrogen) atoms. The first-order chi connectivity index (χ1) is 8.04. The highest BCUT2D eigenvalue weighted by atomic mass is 16.4. The second kappa shape index (κ2) is 4.10. The summed E-state index contributed by atoms with van der Waals surface area (Å²) in [5.41, 5.74) is 7.02. The number of aromatic hydroxyl groups is 1. The molecule has 1 unspecified atom stereocenters. The number of benzene rings is 1. The van der Waals surface area contributed by atoms with Gasteiger partial charge in [-0.2, -0.15) is 0 Å². The number of aryl methyl sites for hydroxylation is 1. The summed E-state index contributed by atoms with van der Waals surface area (Å²) in [4.78, 5) is 10.9. The summed E-state index contributed by atoms with van der Waals surface area (Å²) < 4.78 is 1.91. The highest BCUT2D eigenvalue weighted by molar-refractivity contribution is 5.90. The van der Waals surface area contributed by atoms with Crippen molar-refractivity contribution in [1.82, 2.24) is 4.57 Å². The van der Waals surface area contributed by atoms with Gasteiger partial charge in [0.05, 0.1) is 0 Å². The van der Waals surface area contributed by atoms with Crippen molar-refractivity contribution < 1.29 is 15.0 Å². The van der Waals surface area contributed by atoms with Gasteiger partial charge in [-0.05, 0) is 25.1 Å². The zero-order chi connectivity index (χ0) is 12.6.